The molecule has 0 heterocycles. The van der Waals surface area contributed by atoms with E-state index in [1.54, 1.807) is 12.1 Å². The van der Waals surface area contributed by atoms with Crippen LogP contribution >= 0.6 is 0 Å². The third-order valence-electron chi connectivity index (χ3n) is 2.68. The lowest BCUT2D eigenvalue weighted by Crippen LogP contribution is -2.29. The molecule has 0 bridgehead atoms. The van der Waals surface area contributed by atoms with Crippen LogP contribution in [0, 0.1) is 5.82 Å². The fraction of sp³-hybridized carbons (Fsp3) is 0.200. The lowest BCUT2D eigenvalue weighted by atomic mass is 10.3. The Labute approximate surface area is 125 Å². The molecule has 0 fully saturated rings. The molecule has 3 nitrogen and oxygen atoms in total. The van der Waals surface area contributed by atoms with Crippen molar-refractivity contribution >= 4 is 18.2 Å². The van der Waals surface area contributed by atoms with Crippen molar-refractivity contribution in [1.29, 1.82) is 0 Å². The van der Waals surface area contributed by atoms with E-state index in [2.05, 4.69) is 19.6 Å². The summed E-state index contributed by atoms with van der Waals surface area (Å²) in [6.45, 7) is 6.16. The second kappa shape index (κ2) is 5.61. The van der Waals surface area contributed by atoms with Gasteiger partial charge in [-0.05, 0) is 68.2 Å². The van der Waals surface area contributed by atoms with Gasteiger partial charge >= 0.3 is 0 Å². The van der Waals surface area contributed by atoms with Crippen molar-refractivity contribution in [2.45, 2.75) is 29.4 Å². The lowest BCUT2D eigenvalue weighted by Gasteiger charge is -2.19. The topological polar surface area (TPSA) is 43.4 Å². The van der Waals surface area contributed by atoms with E-state index in [1.165, 1.54) is 24.3 Å². The minimum Gasteiger partial charge on any atom is -0.544 e. The van der Waals surface area contributed by atoms with Crippen LogP contribution in [0.3, 0.4) is 0 Å². The van der Waals surface area contributed by atoms with E-state index >= 15 is 0 Å². The van der Waals surface area contributed by atoms with Gasteiger partial charge in [-0.1, -0.05) is 0 Å². The summed E-state index contributed by atoms with van der Waals surface area (Å²) in [7, 11) is -5.35. The molecule has 112 valence electrons. The molecule has 0 aliphatic carbocycles. The second-order valence-electron chi connectivity index (χ2n) is 5.64. The zero-order valence-corrected chi connectivity index (χ0v) is 13.9. The third kappa shape index (κ3) is 3.92. The molecule has 0 saturated carbocycles. The van der Waals surface area contributed by atoms with Crippen LogP contribution in [0.5, 0.6) is 5.75 Å². The molecule has 0 atom stereocenters. The van der Waals surface area contributed by atoms with Crippen molar-refractivity contribution in [3.8, 4) is 5.75 Å². The molecule has 2 aromatic carbocycles. The smallest absolute Gasteiger partial charge is 0.242 e. The van der Waals surface area contributed by atoms with Crippen LogP contribution < -0.4 is 4.43 Å². The molecule has 0 radical (unpaired) electrons. The normalized spacial score (nSPS) is 12.2. The van der Waals surface area contributed by atoms with E-state index < -0.39 is 24.0 Å². The predicted molar refractivity (Wildman–Crippen MR) is 82.3 cm³/mol. The van der Waals surface area contributed by atoms with E-state index in [1.807, 2.05) is 0 Å². The Morgan fingerprint density at radius 1 is 0.857 bits per heavy atom. The second-order valence-corrected chi connectivity index (χ2v) is 12.0. The fourth-order valence-corrected chi connectivity index (χ4v) is 3.89. The Morgan fingerprint density at radius 3 is 1.71 bits per heavy atom. The molecule has 0 amide bonds. The zero-order chi connectivity index (χ0) is 15.7. The highest BCUT2D eigenvalue weighted by atomic mass is 32.2. The first-order chi connectivity index (χ1) is 9.68. The Hall–Kier alpha value is -1.66. The predicted octanol–water partition coefficient (Wildman–Crippen LogP) is 3.87. The van der Waals surface area contributed by atoms with Crippen molar-refractivity contribution in [1.82, 2.24) is 0 Å². The van der Waals surface area contributed by atoms with Crippen LogP contribution in [0.1, 0.15) is 0 Å². The molecule has 0 unspecified atom stereocenters. The van der Waals surface area contributed by atoms with Crippen molar-refractivity contribution < 1.29 is 17.2 Å². The minimum absolute atomic E-state index is 0.0720. The SMILES string of the molecule is C[Si](C)(C)Oc1ccc(S(=O)(=O)c2ccc(F)cc2)cc1. The average Bonchev–Trinajstić information content (AvgIpc) is 2.38. The van der Waals surface area contributed by atoms with E-state index in [-0.39, 0.29) is 9.79 Å². The van der Waals surface area contributed by atoms with Gasteiger partial charge in [-0.2, -0.15) is 0 Å². The van der Waals surface area contributed by atoms with Crippen LogP contribution in [0.2, 0.25) is 19.6 Å². The molecule has 2 rings (SSSR count). The molecular formula is C15H17FO3SSi. The third-order valence-corrected chi connectivity index (χ3v) is 5.32. The Balaban J connectivity index is 2.31. The Morgan fingerprint density at radius 2 is 1.29 bits per heavy atom. The van der Waals surface area contributed by atoms with Gasteiger partial charge in [-0.25, -0.2) is 12.8 Å². The standard InChI is InChI=1S/C15H17FO3SSi/c1-21(2,3)19-13-6-10-15(11-7-13)20(17,18)14-8-4-12(16)5-9-14/h4-11H,1-3H3. The monoisotopic (exact) mass is 324 g/mol. The molecule has 0 aliphatic heterocycles. The van der Waals surface area contributed by atoms with Crippen LogP contribution in [0.15, 0.2) is 58.3 Å². The van der Waals surface area contributed by atoms with Gasteiger partial charge in [0.2, 0.25) is 18.2 Å². The van der Waals surface area contributed by atoms with Crippen molar-refractivity contribution in [2.75, 3.05) is 0 Å². The molecule has 21 heavy (non-hydrogen) atoms. The first kappa shape index (κ1) is 15.7. The number of benzene rings is 2. The van der Waals surface area contributed by atoms with Crippen LogP contribution in [-0.2, 0) is 9.84 Å². The summed E-state index contributed by atoms with van der Waals surface area (Å²) in [5.41, 5.74) is 0. The van der Waals surface area contributed by atoms with E-state index in [9.17, 15) is 12.8 Å². The summed E-state index contributed by atoms with van der Waals surface area (Å²) in [6.07, 6.45) is 0. The fourth-order valence-electron chi connectivity index (χ4n) is 1.79. The molecular weight excluding hydrogens is 307 g/mol. The average molecular weight is 324 g/mol. The van der Waals surface area contributed by atoms with Gasteiger partial charge in [0, 0.05) is 0 Å². The summed E-state index contributed by atoms with van der Waals surface area (Å²) in [5.74, 6) is 0.194. The highest BCUT2D eigenvalue weighted by Gasteiger charge is 2.19. The molecule has 0 aromatic heterocycles. The largest absolute Gasteiger partial charge is 0.544 e. The highest BCUT2D eigenvalue weighted by Crippen LogP contribution is 2.24. The molecule has 0 aliphatic rings. The highest BCUT2D eigenvalue weighted by molar-refractivity contribution is 7.91. The maximum atomic E-state index is 12.9. The number of sulfone groups is 1. The van der Waals surface area contributed by atoms with Crippen LogP contribution in [0.4, 0.5) is 4.39 Å². The maximum Gasteiger partial charge on any atom is 0.242 e. The molecule has 0 N–H and O–H groups in total. The molecule has 0 saturated heterocycles. The van der Waals surface area contributed by atoms with E-state index in [0.717, 1.165) is 12.1 Å². The lowest BCUT2D eigenvalue weighted by molar-refractivity contribution is 0.556. The first-order valence-electron chi connectivity index (χ1n) is 6.48. The molecule has 2 aromatic rings. The number of hydrogen-bond acceptors (Lipinski definition) is 3. The Bertz CT molecular complexity index is 717. The van der Waals surface area contributed by atoms with Crippen LogP contribution in [0.25, 0.3) is 0 Å². The van der Waals surface area contributed by atoms with Gasteiger partial charge in [-0.3, -0.25) is 0 Å². The van der Waals surface area contributed by atoms with E-state index in [4.69, 9.17) is 4.43 Å². The quantitative estimate of drug-likeness (QED) is 0.633. The first-order valence-corrected chi connectivity index (χ1v) is 11.4. The summed E-state index contributed by atoms with van der Waals surface area (Å²) in [6, 6.07) is 11.1. The van der Waals surface area contributed by atoms with Gasteiger partial charge in [0.15, 0.2) is 0 Å². The molecule has 6 heteroatoms. The van der Waals surface area contributed by atoms with Crippen molar-refractivity contribution in [3.63, 3.8) is 0 Å². The molecule has 0 spiro atoms. The minimum atomic E-state index is -3.63. The Kier molecular flexibility index (Phi) is 4.20. The van der Waals surface area contributed by atoms with Gasteiger partial charge < -0.3 is 4.43 Å². The summed E-state index contributed by atoms with van der Waals surface area (Å²) in [5, 5.41) is 0. The summed E-state index contributed by atoms with van der Waals surface area (Å²) >= 11 is 0. The number of rotatable bonds is 4. The van der Waals surface area contributed by atoms with Gasteiger partial charge in [0.25, 0.3) is 0 Å². The van der Waals surface area contributed by atoms with Crippen molar-refractivity contribution in [2.24, 2.45) is 0 Å². The summed E-state index contributed by atoms with van der Waals surface area (Å²) in [4.78, 5) is 0.236. The number of halogens is 1. The maximum absolute atomic E-state index is 12.9. The van der Waals surface area contributed by atoms with Gasteiger partial charge in [0.1, 0.15) is 11.6 Å². The van der Waals surface area contributed by atoms with E-state index in [0.29, 0.717) is 5.75 Å². The van der Waals surface area contributed by atoms with Gasteiger partial charge in [0.05, 0.1) is 9.79 Å². The van der Waals surface area contributed by atoms with Crippen LogP contribution in [-0.4, -0.2) is 16.7 Å². The van der Waals surface area contributed by atoms with Crippen molar-refractivity contribution in [3.05, 3.63) is 54.3 Å². The van der Waals surface area contributed by atoms with Gasteiger partial charge in [-0.15, -0.1) is 0 Å². The summed E-state index contributed by atoms with van der Waals surface area (Å²) < 4.78 is 43.4. The number of hydrogen-bond donors (Lipinski definition) is 0. The zero-order valence-electron chi connectivity index (χ0n) is 12.1.